The first-order valence-corrected chi connectivity index (χ1v) is 10.7. The van der Waals surface area contributed by atoms with Crippen LogP contribution < -0.4 is 19.5 Å². The molecule has 1 heterocycles. The second kappa shape index (κ2) is 8.62. The number of nitrogens with one attached hydrogen (secondary N) is 1. The predicted molar refractivity (Wildman–Crippen MR) is 123 cm³/mol. The SMILES string of the molecule is COc1cc(OC)c2c(c1Cl)O[C@@]1(C(=O)C=C(Nc3cc(C(=O)O)cc(C(=O)O)c3)C[C@H]1C)C2=O. The molecule has 1 spiro atoms. The predicted octanol–water partition coefficient (Wildman–Crippen LogP) is 3.67. The van der Waals surface area contributed by atoms with Crippen molar-refractivity contribution in [2.45, 2.75) is 18.9 Å². The number of fused-ring (bicyclic) bond motifs is 1. The number of aromatic carboxylic acids is 2. The Morgan fingerprint density at radius 1 is 1.06 bits per heavy atom. The molecule has 0 fully saturated rings. The van der Waals surface area contributed by atoms with Gasteiger partial charge < -0.3 is 29.7 Å². The van der Waals surface area contributed by atoms with Crippen molar-refractivity contribution in [3.63, 3.8) is 0 Å². The molecule has 11 heteroatoms. The maximum atomic E-state index is 13.5. The van der Waals surface area contributed by atoms with Crippen LogP contribution in [0.4, 0.5) is 5.69 Å². The van der Waals surface area contributed by atoms with Gasteiger partial charge in [0.1, 0.15) is 22.1 Å². The third-order valence-electron chi connectivity index (χ3n) is 6.04. The van der Waals surface area contributed by atoms with E-state index in [2.05, 4.69) is 5.32 Å². The Hall–Kier alpha value is -4.05. The zero-order valence-corrected chi connectivity index (χ0v) is 19.6. The molecule has 1 aliphatic heterocycles. The van der Waals surface area contributed by atoms with Crippen molar-refractivity contribution in [3.05, 3.63) is 57.8 Å². The molecule has 35 heavy (non-hydrogen) atoms. The molecule has 182 valence electrons. The molecule has 0 saturated heterocycles. The summed E-state index contributed by atoms with van der Waals surface area (Å²) in [6.45, 7) is 1.66. The highest BCUT2D eigenvalue weighted by molar-refractivity contribution is 6.36. The Kier molecular flexibility index (Phi) is 5.93. The van der Waals surface area contributed by atoms with Gasteiger partial charge in [-0.3, -0.25) is 9.59 Å². The number of ketones is 2. The molecule has 10 nitrogen and oxygen atoms in total. The van der Waals surface area contributed by atoms with E-state index < -0.39 is 35.0 Å². The molecular weight excluding hydrogens is 482 g/mol. The van der Waals surface area contributed by atoms with Gasteiger partial charge in [-0.05, 0) is 24.6 Å². The van der Waals surface area contributed by atoms with E-state index in [1.807, 2.05) is 0 Å². The topological polar surface area (TPSA) is 148 Å². The largest absolute Gasteiger partial charge is 0.496 e. The minimum absolute atomic E-state index is 0.00173. The van der Waals surface area contributed by atoms with Crippen LogP contribution in [0.25, 0.3) is 0 Å². The molecule has 2 atom stereocenters. The van der Waals surface area contributed by atoms with Crippen LogP contribution in [0.3, 0.4) is 0 Å². The first-order chi connectivity index (χ1) is 16.5. The van der Waals surface area contributed by atoms with E-state index in [4.69, 9.17) is 25.8 Å². The number of benzene rings is 2. The number of rotatable bonds is 6. The van der Waals surface area contributed by atoms with Gasteiger partial charge in [0.15, 0.2) is 5.75 Å². The monoisotopic (exact) mass is 501 g/mol. The summed E-state index contributed by atoms with van der Waals surface area (Å²) in [7, 11) is 2.76. The molecule has 3 N–H and O–H groups in total. The fourth-order valence-corrected chi connectivity index (χ4v) is 4.61. The fourth-order valence-electron chi connectivity index (χ4n) is 4.35. The Morgan fingerprint density at radius 3 is 2.17 bits per heavy atom. The number of halogens is 1. The van der Waals surface area contributed by atoms with Gasteiger partial charge in [-0.2, -0.15) is 0 Å². The maximum Gasteiger partial charge on any atom is 0.335 e. The summed E-state index contributed by atoms with van der Waals surface area (Å²) in [6.07, 6.45) is 1.34. The quantitative estimate of drug-likeness (QED) is 0.500. The third-order valence-corrected chi connectivity index (χ3v) is 6.40. The Bertz CT molecular complexity index is 1300. The minimum Gasteiger partial charge on any atom is -0.496 e. The number of methoxy groups -OCH3 is 2. The average molecular weight is 502 g/mol. The van der Waals surface area contributed by atoms with Crippen molar-refractivity contribution in [1.29, 1.82) is 0 Å². The highest BCUT2D eigenvalue weighted by Crippen LogP contribution is 2.53. The normalized spacial score (nSPS) is 20.7. The van der Waals surface area contributed by atoms with E-state index >= 15 is 0 Å². The number of ether oxygens (including phenoxy) is 3. The number of carbonyl (C=O) groups is 4. The molecule has 0 saturated carbocycles. The lowest BCUT2D eigenvalue weighted by Crippen LogP contribution is -2.55. The van der Waals surface area contributed by atoms with Crippen LogP contribution in [-0.4, -0.2) is 53.5 Å². The first kappa shape index (κ1) is 24.1. The Morgan fingerprint density at radius 2 is 1.66 bits per heavy atom. The van der Waals surface area contributed by atoms with Crippen LogP contribution in [0.5, 0.6) is 17.2 Å². The van der Waals surface area contributed by atoms with Crippen LogP contribution in [0.1, 0.15) is 44.4 Å². The number of carboxylic acid groups (broad SMARTS) is 2. The number of Topliss-reactive ketones (excluding diaryl/α,β-unsaturated/α-hetero) is 1. The van der Waals surface area contributed by atoms with Crippen LogP contribution in [0.15, 0.2) is 36.0 Å². The average Bonchev–Trinajstić information content (AvgIpc) is 3.12. The molecule has 2 aromatic carbocycles. The van der Waals surface area contributed by atoms with Crippen molar-refractivity contribution < 1.29 is 43.6 Å². The van der Waals surface area contributed by atoms with Gasteiger partial charge in [0.2, 0.25) is 17.2 Å². The van der Waals surface area contributed by atoms with Gasteiger partial charge in [0.05, 0.1) is 25.3 Å². The standard InChI is InChI=1S/C24H20ClNO9/c1-10-4-13(26-14-6-11(22(29)30)5-12(7-14)23(31)32)8-17(27)24(10)21(28)18-15(33-2)9-16(34-3)19(25)20(18)35-24/h5-10,26H,4H2,1-3H3,(H,29,30)(H,31,32)/t10-,24+/m1/s1. The lowest BCUT2D eigenvalue weighted by atomic mass is 9.74. The number of carboxylic acids is 2. The first-order valence-electron chi connectivity index (χ1n) is 10.4. The summed E-state index contributed by atoms with van der Waals surface area (Å²) in [5.41, 5.74) is -1.77. The van der Waals surface area contributed by atoms with Gasteiger partial charge in [-0.25, -0.2) is 9.59 Å². The summed E-state index contributed by atoms with van der Waals surface area (Å²) >= 11 is 6.37. The lowest BCUT2D eigenvalue weighted by molar-refractivity contribution is -0.129. The molecule has 0 amide bonds. The molecule has 0 radical (unpaired) electrons. The summed E-state index contributed by atoms with van der Waals surface area (Å²) in [4.78, 5) is 49.7. The van der Waals surface area contributed by atoms with Gasteiger partial charge in [0, 0.05) is 29.4 Å². The molecule has 0 aromatic heterocycles. The second-order valence-corrected chi connectivity index (χ2v) is 8.52. The fraction of sp³-hybridized carbons (Fsp3) is 0.250. The molecular formula is C24H20ClNO9. The van der Waals surface area contributed by atoms with Crippen molar-refractivity contribution in [3.8, 4) is 17.2 Å². The van der Waals surface area contributed by atoms with E-state index in [0.717, 1.165) is 6.07 Å². The van der Waals surface area contributed by atoms with E-state index in [1.165, 1.54) is 38.5 Å². The van der Waals surface area contributed by atoms with E-state index in [-0.39, 0.29) is 51.1 Å². The number of allylic oxidation sites excluding steroid dienone is 1. The second-order valence-electron chi connectivity index (χ2n) is 8.14. The molecule has 4 rings (SSSR count). The Labute approximate surface area is 204 Å². The molecule has 2 aliphatic rings. The Balaban J connectivity index is 1.72. The van der Waals surface area contributed by atoms with Crippen LogP contribution in [0, 0.1) is 5.92 Å². The number of hydrogen-bond acceptors (Lipinski definition) is 8. The van der Waals surface area contributed by atoms with Gasteiger partial charge in [0.25, 0.3) is 0 Å². The number of carbonyl (C=O) groups excluding carboxylic acids is 2. The van der Waals surface area contributed by atoms with Crippen molar-refractivity contribution in [2.75, 3.05) is 19.5 Å². The summed E-state index contributed by atoms with van der Waals surface area (Å²) in [5, 5.41) is 21.5. The summed E-state index contributed by atoms with van der Waals surface area (Å²) < 4.78 is 16.5. The van der Waals surface area contributed by atoms with E-state index in [1.54, 1.807) is 6.92 Å². The van der Waals surface area contributed by atoms with Crippen LogP contribution in [0.2, 0.25) is 5.02 Å². The third kappa shape index (κ3) is 3.75. The summed E-state index contributed by atoms with van der Waals surface area (Å²) in [5.74, 6) is -4.15. The van der Waals surface area contributed by atoms with Gasteiger partial charge in [-0.15, -0.1) is 0 Å². The zero-order chi connectivity index (χ0) is 25.7. The van der Waals surface area contributed by atoms with Crippen molar-refractivity contribution in [2.24, 2.45) is 5.92 Å². The lowest BCUT2D eigenvalue weighted by Gasteiger charge is -2.35. The van der Waals surface area contributed by atoms with E-state index in [0.29, 0.717) is 5.70 Å². The highest BCUT2D eigenvalue weighted by Gasteiger charge is 2.60. The minimum atomic E-state index is -1.87. The zero-order valence-electron chi connectivity index (χ0n) is 18.8. The number of hydrogen-bond donors (Lipinski definition) is 3. The van der Waals surface area contributed by atoms with E-state index in [9.17, 15) is 29.4 Å². The van der Waals surface area contributed by atoms with Gasteiger partial charge in [-0.1, -0.05) is 18.5 Å². The summed E-state index contributed by atoms with van der Waals surface area (Å²) in [6, 6.07) is 4.97. The molecule has 0 unspecified atom stereocenters. The van der Waals surface area contributed by atoms with Crippen molar-refractivity contribution >= 4 is 40.8 Å². The van der Waals surface area contributed by atoms with Crippen molar-refractivity contribution in [1.82, 2.24) is 0 Å². The molecule has 2 aromatic rings. The smallest absolute Gasteiger partial charge is 0.335 e. The van der Waals surface area contributed by atoms with Crippen LogP contribution in [-0.2, 0) is 4.79 Å². The molecule has 1 aliphatic carbocycles. The highest BCUT2D eigenvalue weighted by atomic mass is 35.5. The molecule has 0 bridgehead atoms. The van der Waals surface area contributed by atoms with Gasteiger partial charge >= 0.3 is 11.9 Å². The maximum absolute atomic E-state index is 13.5. The number of anilines is 1. The van der Waals surface area contributed by atoms with Crippen LogP contribution >= 0.6 is 11.6 Å².